The number of ether oxygens (including phenoxy) is 1. The number of carbonyl (C=O) groups is 1. The average Bonchev–Trinajstić information content (AvgIpc) is 3.11. The van der Waals surface area contributed by atoms with E-state index in [4.69, 9.17) is 9.72 Å². The van der Waals surface area contributed by atoms with Crippen molar-refractivity contribution in [1.82, 2.24) is 14.3 Å². The number of benzene rings is 1. The lowest BCUT2D eigenvalue weighted by Crippen LogP contribution is -2.49. The van der Waals surface area contributed by atoms with Crippen LogP contribution in [0.1, 0.15) is 30.2 Å². The Morgan fingerprint density at radius 1 is 1.07 bits per heavy atom. The van der Waals surface area contributed by atoms with Gasteiger partial charge in [0.15, 0.2) is 5.69 Å². The second kappa shape index (κ2) is 8.15. The third-order valence-electron chi connectivity index (χ3n) is 5.41. The zero-order valence-corrected chi connectivity index (χ0v) is 17.3. The minimum absolute atomic E-state index is 0.0170. The summed E-state index contributed by atoms with van der Waals surface area (Å²) in [5, 5.41) is 0. The highest BCUT2D eigenvalue weighted by atomic mass is 16.5. The number of methoxy groups -OCH3 is 1. The van der Waals surface area contributed by atoms with Crippen LogP contribution in [0.3, 0.4) is 0 Å². The third kappa shape index (κ3) is 3.79. The van der Waals surface area contributed by atoms with Gasteiger partial charge in [0.25, 0.3) is 5.91 Å². The molecule has 1 amide bonds. The number of aromatic nitrogens is 2. The van der Waals surface area contributed by atoms with Crippen molar-refractivity contribution >= 4 is 17.1 Å². The Morgan fingerprint density at radius 3 is 2.52 bits per heavy atom. The smallest absolute Gasteiger partial charge is 0.274 e. The topological polar surface area (TPSA) is 50.1 Å². The fraction of sp³-hybridized carbons (Fsp3) is 0.391. The second-order valence-electron chi connectivity index (χ2n) is 7.88. The maximum Gasteiger partial charge on any atom is 0.274 e. The number of nitrogens with zero attached hydrogens (tertiary/aromatic N) is 4. The second-order valence-corrected chi connectivity index (χ2v) is 7.88. The predicted molar refractivity (Wildman–Crippen MR) is 115 cm³/mol. The van der Waals surface area contributed by atoms with E-state index >= 15 is 0 Å². The Morgan fingerprint density at radius 2 is 1.79 bits per heavy atom. The largest absolute Gasteiger partial charge is 0.495 e. The molecule has 1 aliphatic rings. The van der Waals surface area contributed by atoms with Crippen LogP contribution >= 0.6 is 0 Å². The van der Waals surface area contributed by atoms with Crippen molar-refractivity contribution in [1.29, 1.82) is 0 Å². The van der Waals surface area contributed by atoms with Gasteiger partial charge in [-0.05, 0) is 30.2 Å². The molecule has 3 heterocycles. The maximum atomic E-state index is 13.3. The Balaban J connectivity index is 1.53. The van der Waals surface area contributed by atoms with E-state index in [1.54, 1.807) is 7.11 Å². The molecule has 152 valence electrons. The summed E-state index contributed by atoms with van der Waals surface area (Å²) in [6.07, 6.45) is 2.84. The van der Waals surface area contributed by atoms with Gasteiger partial charge in [-0.1, -0.05) is 32.0 Å². The highest BCUT2D eigenvalue weighted by Crippen LogP contribution is 2.28. The minimum Gasteiger partial charge on any atom is -0.495 e. The number of carbonyl (C=O) groups excluding carboxylic acids is 1. The fourth-order valence-corrected chi connectivity index (χ4v) is 3.96. The van der Waals surface area contributed by atoms with Gasteiger partial charge in [0.1, 0.15) is 11.6 Å². The highest BCUT2D eigenvalue weighted by Gasteiger charge is 2.27. The van der Waals surface area contributed by atoms with E-state index in [1.807, 2.05) is 47.5 Å². The molecule has 1 aromatic carbocycles. The van der Waals surface area contributed by atoms with Crippen molar-refractivity contribution in [3.05, 3.63) is 60.2 Å². The number of rotatable bonds is 5. The highest BCUT2D eigenvalue weighted by molar-refractivity contribution is 5.99. The van der Waals surface area contributed by atoms with Gasteiger partial charge in [0.05, 0.1) is 18.3 Å². The first kappa shape index (κ1) is 19.3. The molecular formula is C23H28N4O2. The van der Waals surface area contributed by atoms with E-state index in [0.717, 1.165) is 42.3 Å². The molecule has 6 heteroatoms. The van der Waals surface area contributed by atoms with E-state index in [1.165, 1.54) is 0 Å². The standard InChI is InChI=1S/C23H28N4O2/c1-17(2)16-21-24-22(19-9-6-7-11-27(19)21)23(28)26-14-12-25(13-15-26)18-8-4-5-10-20(18)29-3/h4-11,17H,12-16H2,1-3H3. The molecule has 2 aromatic heterocycles. The minimum atomic E-state index is 0.0170. The Hall–Kier alpha value is -3.02. The van der Waals surface area contributed by atoms with Gasteiger partial charge >= 0.3 is 0 Å². The SMILES string of the molecule is COc1ccccc1N1CCN(C(=O)c2nc(CC(C)C)n3ccccc23)CC1. The van der Waals surface area contributed by atoms with Crippen LogP contribution in [-0.2, 0) is 6.42 Å². The van der Waals surface area contributed by atoms with Crippen LogP contribution < -0.4 is 9.64 Å². The van der Waals surface area contributed by atoms with Gasteiger partial charge in [-0.3, -0.25) is 4.79 Å². The lowest BCUT2D eigenvalue weighted by molar-refractivity contribution is 0.0743. The zero-order valence-electron chi connectivity index (χ0n) is 17.3. The normalized spacial score (nSPS) is 14.6. The first-order chi connectivity index (χ1) is 14.1. The van der Waals surface area contributed by atoms with Gasteiger partial charge in [-0.15, -0.1) is 0 Å². The Kier molecular flexibility index (Phi) is 5.43. The van der Waals surface area contributed by atoms with Crippen LogP contribution in [0.5, 0.6) is 5.75 Å². The molecule has 1 fully saturated rings. The maximum absolute atomic E-state index is 13.3. The number of amides is 1. The molecular weight excluding hydrogens is 364 g/mol. The molecule has 0 atom stereocenters. The summed E-state index contributed by atoms with van der Waals surface area (Å²) in [7, 11) is 1.69. The number of hydrogen-bond donors (Lipinski definition) is 0. The number of hydrogen-bond acceptors (Lipinski definition) is 4. The van der Waals surface area contributed by atoms with E-state index in [-0.39, 0.29) is 5.91 Å². The first-order valence-corrected chi connectivity index (χ1v) is 10.2. The Bertz CT molecular complexity index is 1000. The molecule has 1 aliphatic heterocycles. The van der Waals surface area contributed by atoms with E-state index in [9.17, 15) is 4.79 Å². The lowest BCUT2D eigenvalue weighted by Gasteiger charge is -2.36. The van der Waals surface area contributed by atoms with Gasteiger partial charge in [0.2, 0.25) is 0 Å². The summed E-state index contributed by atoms with van der Waals surface area (Å²) in [6.45, 7) is 7.23. The van der Waals surface area contributed by atoms with Crippen LogP contribution in [0.4, 0.5) is 5.69 Å². The van der Waals surface area contributed by atoms with Gasteiger partial charge in [-0.25, -0.2) is 4.98 Å². The van der Waals surface area contributed by atoms with Crippen LogP contribution in [0.15, 0.2) is 48.7 Å². The van der Waals surface area contributed by atoms with Crippen molar-refractivity contribution in [2.75, 3.05) is 38.2 Å². The van der Waals surface area contributed by atoms with Gasteiger partial charge in [-0.2, -0.15) is 0 Å². The summed E-state index contributed by atoms with van der Waals surface area (Å²) in [5.41, 5.74) is 2.53. The fourth-order valence-electron chi connectivity index (χ4n) is 3.96. The summed E-state index contributed by atoms with van der Waals surface area (Å²) in [6, 6.07) is 14.0. The number of anilines is 1. The molecule has 3 aromatic rings. The average molecular weight is 393 g/mol. The number of piperazine rings is 1. The summed E-state index contributed by atoms with van der Waals surface area (Å²) < 4.78 is 7.54. The van der Waals surface area contributed by atoms with Crippen molar-refractivity contribution < 1.29 is 9.53 Å². The van der Waals surface area contributed by atoms with Crippen molar-refractivity contribution in [3.8, 4) is 5.75 Å². The monoisotopic (exact) mass is 392 g/mol. The third-order valence-corrected chi connectivity index (χ3v) is 5.41. The molecule has 0 unspecified atom stereocenters. The van der Waals surface area contributed by atoms with E-state index in [2.05, 4.69) is 29.2 Å². The molecule has 0 bridgehead atoms. The van der Waals surface area contributed by atoms with Crippen LogP contribution in [0.25, 0.3) is 5.52 Å². The van der Waals surface area contributed by atoms with Gasteiger partial charge < -0.3 is 18.9 Å². The Labute approximate surface area is 171 Å². The summed E-state index contributed by atoms with van der Waals surface area (Å²) >= 11 is 0. The lowest BCUT2D eigenvalue weighted by atomic mass is 10.1. The molecule has 29 heavy (non-hydrogen) atoms. The quantitative estimate of drug-likeness (QED) is 0.667. The molecule has 0 saturated carbocycles. The van der Waals surface area contributed by atoms with Gasteiger partial charge in [0, 0.05) is 38.8 Å². The summed E-state index contributed by atoms with van der Waals surface area (Å²) in [5.74, 6) is 2.31. The molecule has 6 nitrogen and oxygen atoms in total. The first-order valence-electron chi connectivity index (χ1n) is 10.2. The van der Waals surface area contributed by atoms with E-state index in [0.29, 0.717) is 24.7 Å². The van der Waals surface area contributed by atoms with Crippen molar-refractivity contribution in [3.63, 3.8) is 0 Å². The molecule has 0 spiro atoms. The van der Waals surface area contributed by atoms with Crippen LogP contribution in [0, 0.1) is 5.92 Å². The molecule has 1 saturated heterocycles. The molecule has 0 radical (unpaired) electrons. The van der Waals surface area contributed by atoms with Crippen molar-refractivity contribution in [2.45, 2.75) is 20.3 Å². The van der Waals surface area contributed by atoms with Crippen LogP contribution in [-0.4, -0.2) is 53.5 Å². The molecule has 4 rings (SSSR count). The molecule has 0 N–H and O–H groups in total. The number of para-hydroxylation sites is 2. The number of fused-ring (bicyclic) bond motifs is 1. The summed E-state index contributed by atoms with van der Waals surface area (Å²) in [4.78, 5) is 22.2. The number of pyridine rings is 1. The zero-order chi connectivity index (χ0) is 20.4. The predicted octanol–water partition coefficient (Wildman–Crippen LogP) is 3.50. The van der Waals surface area contributed by atoms with Crippen molar-refractivity contribution in [2.24, 2.45) is 5.92 Å². The molecule has 0 aliphatic carbocycles. The van der Waals surface area contributed by atoms with Crippen LogP contribution in [0.2, 0.25) is 0 Å². The number of imidazole rings is 1. The van der Waals surface area contributed by atoms with E-state index < -0.39 is 0 Å².